The van der Waals surface area contributed by atoms with Crippen molar-refractivity contribution in [3.05, 3.63) is 89.5 Å². The molecule has 0 aliphatic carbocycles. The molecule has 0 saturated carbocycles. The maximum atomic E-state index is 13.0. The van der Waals surface area contributed by atoms with E-state index in [0.29, 0.717) is 11.5 Å². The summed E-state index contributed by atoms with van der Waals surface area (Å²) in [6.07, 6.45) is -8.36. The number of amidine groups is 2. The minimum atomic E-state index is -5.83. The average molecular weight is 589 g/mol. The number of nitrogens with zero attached hydrogens (tertiary/aromatic N) is 5. The molecule has 1 saturated heterocycles. The first kappa shape index (κ1) is 29.7. The normalized spacial score (nSPS) is 15.8. The van der Waals surface area contributed by atoms with Gasteiger partial charge in [0.2, 0.25) is 0 Å². The third-order valence-corrected chi connectivity index (χ3v) is 6.72. The quantitative estimate of drug-likeness (QED) is 0.123. The van der Waals surface area contributed by atoms with Gasteiger partial charge < -0.3 is 15.4 Å². The highest BCUT2D eigenvalue weighted by Crippen LogP contribution is 2.38. The standard InChI is InChI=1S/C28H25F5N6OS/c1-18(2)23-5-3-4-6-24(23)39-17-41-26(39)38-37-15-19-7-9-20(10-8-19)25(34)36-16-35-21-11-13-22(14-12-21)40-28(32,33)27(29,30)31/h3-16,18H,17H2,1-2H3,(H2,34,35,36)/b37-15+,38-26-. The zero-order chi connectivity index (χ0) is 29.6. The van der Waals surface area contributed by atoms with Gasteiger partial charge in [-0.3, -0.25) is 0 Å². The van der Waals surface area contributed by atoms with Gasteiger partial charge in [0.05, 0.1) is 17.8 Å². The first-order valence-electron chi connectivity index (χ1n) is 12.2. The molecule has 3 aromatic carbocycles. The van der Waals surface area contributed by atoms with Crippen LogP contribution < -0.4 is 15.4 Å². The molecule has 1 aliphatic heterocycles. The van der Waals surface area contributed by atoms with E-state index < -0.39 is 18.0 Å². The molecule has 7 nitrogen and oxygen atoms in total. The Kier molecular flexibility index (Phi) is 9.06. The van der Waals surface area contributed by atoms with Crippen molar-refractivity contribution in [1.82, 2.24) is 0 Å². The Morgan fingerprint density at radius 1 is 0.976 bits per heavy atom. The number of halogens is 5. The molecular weight excluding hydrogens is 563 g/mol. The Morgan fingerprint density at radius 2 is 1.66 bits per heavy atom. The molecule has 0 amide bonds. The van der Waals surface area contributed by atoms with Gasteiger partial charge >= 0.3 is 12.3 Å². The first-order valence-corrected chi connectivity index (χ1v) is 13.2. The second kappa shape index (κ2) is 12.5. The van der Waals surface area contributed by atoms with Gasteiger partial charge in [-0.25, -0.2) is 9.98 Å². The van der Waals surface area contributed by atoms with Crippen LogP contribution in [0, 0.1) is 0 Å². The van der Waals surface area contributed by atoms with Gasteiger partial charge in [-0.15, -0.1) is 5.10 Å². The Bertz CT molecular complexity index is 1470. The van der Waals surface area contributed by atoms with Crippen LogP contribution in [0.1, 0.15) is 36.5 Å². The molecule has 1 heterocycles. The lowest BCUT2D eigenvalue weighted by Gasteiger charge is -2.34. The van der Waals surface area contributed by atoms with Gasteiger partial charge in [0.15, 0.2) is 5.17 Å². The number of hydrogen-bond donors (Lipinski definition) is 1. The monoisotopic (exact) mass is 588 g/mol. The van der Waals surface area contributed by atoms with E-state index in [9.17, 15) is 22.0 Å². The number of rotatable bonds is 9. The van der Waals surface area contributed by atoms with Crippen LogP contribution in [0.3, 0.4) is 0 Å². The molecule has 1 fully saturated rings. The highest BCUT2D eigenvalue weighted by molar-refractivity contribution is 8.16. The lowest BCUT2D eigenvalue weighted by molar-refractivity contribution is -0.360. The topological polar surface area (TPSA) is 87.9 Å². The van der Waals surface area contributed by atoms with Crippen molar-refractivity contribution in [3.63, 3.8) is 0 Å². The van der Waals surface area contributed by atoms with Gasteiger partial charge in [-0.1, -0.05) is 68.1 Å². The number of thioether (sulfide) groups is 1. The molecule has 0 unspecified atom stereocenters. The van der Waals surface area contributed by atoms with Crippen molar-refractivity contribution in [1.29, 1.82) is 0 Å². The van der Waals surface area contributed by atoms with Crippen LogP contribution in [-0.2, 0) is 0 Å². The number of nitrogens with two attached hydrogens (primary N) is 1. The Balaban J connectivity index is 1.34. The summed E-state index contributed by atoms with van der Waals surface area (Å²) in [4.78, 5) is 10.2. The predicted octanol–water partition coefficient (Wildman–Crippen LogP) is 7.31. The summed E-state index contributed by atoms with van der Waals surface area (Å²) in [5.41, 5.74) is 10.0. The van der Waals surface area contributed by atoms with Crippen LogP contribution in [0.5, 0.6) is 5.75 Å². The zero-order valence-electron chi connectivity index (χ0n) is 21.9. The third kappa shape index (κ3) is 7.48. The lowest BCUT2D eigenvalue weighted by Crippen LogP contribution is -2.41. The SMILES string of the molecule is CC(C)c1ccccc1N1CS/C1=N\N=C\c1ccc(C(N)=NC=Nc2ccc(OC(F)(F)C(F)(F)F)cc2)cc1. The minimum Gasteiger partial charge on any atom is -0.426 e. The summed E-state index contributed by atoms with van der Waals surface area (Å²) in [5.74, 6) is 0.703. The second-order valence-corrected chi connectivity index (χ2v) is 9.95. The predicted molar refractivity (Wildman–Crippen MR) is 154 cm³/mol. The Hall–Kier alpha value is -4.26. The van der Waals surface area contributed by atoms with E-state index >= 15 is 0 Å². The van der Waals surface area contributed by atoms with Crippen LogP contribution in [0.4, 0.5) is 33.3 Å². The zero-order valence-corrected chi connectivity index (χ0v) is 22.7. The van der Waals surface area contributed by atoms with E-state index in [1.165, 1.54) is 17.7 Å². The molecule has 13 heteroatoms. The fourth-order valence-electron chi connectivity index (χ4n) is 3.59. The summed E-state index contributed by atoms with van der Waals surface area (Å²) in [6.45, 7) is 4.31. The van der Waals surface area contributed by atoms with Crippen molar-refractivity contribution in [2.75, 3.05) is 10.8 Å². The maximum Gasteiger partial charge on any atom is 0.499 e. The average Bonchev–Trinajstić information content (AvgIpc) is 2.91. The van der Waals surface area contributed by atoms with E-state index in [2.05, 4.69) is 55.8 Å². The van der Waals surface area contributed by atoms with Gasteiger partial charge in [0, 0.05) is 11.3 Å². The fraction of sp³-hybridized carbons (Fsp3) is 0.214. The molecule has 0 aromatic heterocycles. The lowest BCUT2D eigenvalue weighted by atomic mass is 10.0. The van der Waals surface area contributed by atoms with Crippen molar-refractivity contribution in [3.8, 4) is 5.75 Å². The van der Waals surface area contributed by atoms with Crippen molar-refractivity contribution >= 4 is 46.7 Å². The van der Waals surface area contributed by atoms with Crippen molar-refractivity contribution < 1.29 is 26.7 Å². The summed E-state index contributed by atoms with van der Waals surface area (Å²) >= 11 is 1.62. The van der Waals surface area contributed by atoms with Crippen molar-refractivity contribution in [2.45, 2.75) is 32.1 Å². The van der Waals surface area contributed by atoms with Crippen molar-refractivity contribution in [2.24, 2.45) is 25.9 Å². The molecule has 0 atom stereocenters. The minimum absolute atomic E-state index is 0.160. The summed E-state index contributed by atoms with van der Waals surface area (Å²) in [7, 11) is 0. The molecule has 214 valence electrons. The third-order valence-electron chi connectivity index (χ3n) is 5.78. The summed E-state index contributed by atoms with van der Waals surface area (Å²) in [5, 5.41) is 9.40. The first-order chi connectivity index (χ1) is 19.4. The molecule has 0 bridgehead atoms. The molecule has 2 N–H and O–H groups in total. The van der Waals surface area contributed by atoms with E-state index in [1.807, 2.05) is 12.1 Å². The highest BCUT2D eigenvalue weighted by Gasteiger charge is 2.61. The molecule has 0 radical (unpaired) electrons. The van der Waals surface area contributed by atoms with Gasteiger partial charge in [-0.05, 0) is 47.4 Å². The number of alkyl halides is 5. The Labute approximate surface area is 237 Å². The molecule has 4 rings (SSSR count). The number of para-hydroxylation sites is 1. The summed E-state index contributed by atoms with van der Waals surface area (Å²) < 4.78 is 66.5. The van der Waals surface area contributed by atoms with Crippen LogP contribution in [-0.4, -0.2) is 41.7 Å². The largest absolute Gasteiger partial charge is 0.499 e. The van der Waals surface area contributed by atoms with E-state index in [-0.39, 0.29) is 11.5 Å². The number of aliphatic imine (C=N–C) groups is 2. The van der Waals surface area contributed by atoms with Crippen LogP contribution >= 0.6 is 11.8 Å². The number of hydrogen-bond acceptors (Lipinski definition) is 5. The number of ether oxygens (including phenoxy) is 1. The van der Waals surface area contributed by atoms with Gasteiger partial charge in [0.25, 0.3) is 0 Å². The Morgan fingerprint density at radius 3 is 2.27 bits per heavy atom. The van der Waals surface area contributed by atoms with Crippen LogP contribution in [0.2, 0.25) is 0 Å². The van der Waals surface area contributed by atoms with Crippen LogP contribution in [0.25, 0.3) is 0 Å². The second-order valence-electron chi connectivity index (χ2n) is 9.03. The highest BCUT2D eigenvalue weighted by atomic mass is 32.2. The number of anilines is 1. The molecule has 41 heavy (non-hydrogen) atoms. The summed E-state index contributed by atoms with van der Waals surface area (Å²) in [6, 6.07) is 19.6. The molecule has 0 spiro atoms. The maximum absolute atomic E-state index is 13.0. The fourth-order valence-corrected chi connectivity index (χ4v) is 4.30. The van der Waals surface area contributed by atoms with Gasteiger partial charge in [0.1, 0.15) is 17.9 Å². The van der Waals surface area contributed by atoms with Crippen LogP contribution in [0.15, 0.2) is 93.0 Å². The van der Waals surface area contributed by atoms with E-state index in [1.54, 1.807) is 42.2 Å². The molecular formula is C28H25F5N6OS. The molecule has 1 aliphatic rings. The molecule has 3 aromatic rings. The van der Waals surface area contributed by atoms with E-state index in [4.69, 9.17) is 5.73 Å². The smallest absolute Gasteiger partial charge is 0.426 e. The van der Waals surface area contributed by atoms with E-state index in [0.717, 1.165) is 40.8 Å². The van der Waals surface area contributed by atoms with Gasteiger partial charge in [-0.2, -0.15) is 27.1 Å². The number of benzene rings is 3.